The van der Waals surface area contributed by atoms with Crippen molar-refractivity contribution < 1.29 is 9.59 Å². The fraction of sp³-hybridized carbons (Fsp3) is 0.211. The summed E-state index contributed by atoms with van der Waals surface area (Å²) in [4.78, 5) is 24.2. The maximum atomic E-state index is 12.1. The number of benzene rings is 2. The third kappa shape index (κ3) is 4.74. The third-order valence-corrected chi connectivity index (χ3v) is 5.08. The molecule has 0 aliphatic rings. The summed E-state index contributed by atoms with van der Waals surface area (Å²) in [5.74, 6) is -0.432. The number of rotatable bonds is 5. The molecule has 0 spiro atoms. The molecule has 3 rings (SSSR count). The van der Waals surface area contributed by atoms with Crippen LogP contribution in [0.15, 0.2) is 47.6 Å². The first-order valence-corrected chi connectivity index (χ1v) is 9.58. The Morgan fingerprint density at radius 1 is 1.07 bits per heavy atom. The van der Waals surface area contributed by atoms with Gasteiger partial charge < -0.3 is 5.32 Å². The minimum absolute atomic E-state index is 0.00640. The number of tetrazole rings is 1. The van der Waals surface area contributed by atoms with Crippen LogP contribution < -0.4 is 10.6 Å². The zero-order valence-electron chi connectivity index (χ0n) is 15.8. The molecule has 3 aromatic rings. The molecule has 1 aromatic heterocycles. The maximum absolute atomic E-state index is 12.1. The molecule has 0 radical (unpaired) electrons. The number of amides is 3. The first-order valence-electron chi connectivity index (χ1n) is 8.59. The van der Waals surface area contributed by atoms with E-state index in [-0.39, 0.29) is 5.75 Å². The summed E-state index contributed by atoms with van der Waals surface area (Å²) in [5, 5.41) is 17.0. The quantitative estimate of drug-likeness (QED) is 0.643. The van der Waals surface area contributed by atoms with Crippen LogP contribution >= 0.6 is 11.8 Å². The van der Waals surface area contributed by atoms with E-state index in [9.17, 15) is 9.59 Å². The van der Waals surface area contributed by atoms with E-state index in [1.807, 2.05) is 57.2 Å². The number of hydrogen-bond acceptors (Lipinski definition) is 6. The summed E-state index contributed by atoms with van der Waals surface area (Å²) in [5.41, 5.74) is 4.60. The van der Waals surface area contributed by atoms with Gasteiger partial charge in [-0.05, 0) is 60.5 Å². The van der Waals surface area contributed by atoms with Crippen molar-refractivity contribution >= 4 is 29.4 Å². The number of imide groups is 1. The van der Waals surface area contributed by atoms with Gasteiger partial charge in [-0.15, -0.1) is 5.10 Å². The van der Waals surface area contributed by atoms with Crippen molar-refractivity contribution in [1.82, 2.24) is 25.5 Å². The second kappa shape index (κ2) is 8.66. The molecule has 0 aliphatic carbocycles. The standard InChI is InChI=1S/C19H20N6O2S/c1-12-7-9-15(10-8-12)25-19(22-23-24-25)28-11-17(26)21-18(27)20-16-6-4-5-13(2)14(16)3/h4-10H,11H2,1-3H3,(H2,20,21,26,27). The van der Waals surface area contributed by atoms with E-state index in [2.05, 4.69) is 26.2 Å². The number of aryl methyl sites for hydroxylation is 2. The SMILES string of the molecule is Cc1ccc(-n2nnnc2SCC(=O)NC(=O)Nc2cccc(C)c2C)cc1. The molecule has 1 heterocycles. The molecule has 9 heteroatoms. The first kappa shape index (κ1) is 19.6. The number of hydrogen-bond donors (Lipinski definition) is 2. The van der Waals surface area contributed by atoms with Crippen LogP contribution in [0.2, 0.25) is 0 Å². The van der Waals surface area contributed by atoms with E-state index in [0.717, 1.165) is 34.1 Å². The Morgan fingerprint density at radius 2 is 1.82 bits per heavy atom. The number of anilines is 1. The molecule has 0 saturated carbocycles. The fourth-order valence-electron chi connectivity index (χ4n) is 2.45. The molecule has 0 bridgehead atoms. The lowest BCUT2D eigenvalue weighted by molar-refractivity contribution is -0.117. The van der Waals surface area contributed by atoms with Crippen molar-refractivity contribution in [2.75, 3.05) is 11.1 Å². The smallest absolute Gasteiger partial charge is 0.307 e. The summed E-state index contributed by atoms with van der Waals surface area (Å²) in [7, 11) is 0. The van der Waals surface area contributed by atoms with E-state index < -0.39 is 11.9 Å². The Morgan fingerprint density at radius 3 is 2.57 bits per heavy atom. The monoisotopic (exact) mass is 396 g/mol. The van der Waals surface area contributed by atoms with Gasteiger partial charge in [-0.3, -0.25) is 10.1 Å². The molecule has 0 saturated heterocycles. The average Bonchev–Trinajstić information content (AvgIpc) is 3.13. The number of nitrogens with one attached hydrogen (secondary N) is 2. The van der Waals surface area contributed by atoms with Gasteiger partial charge in [0.2, 0.25) is 11.1 Å². The lowest BCUT2D eigenvalue weighted by Crippen LogP contribution is -2.35. The zero-order valence-corrected chi connectivity index (χ0v) is 16.6. The predicted molar refractivity (Wildman–Crippen MR) is 108 cm³/mol. The number of aromatic nitrogens is 4. The van der Waals surface area contributed by atoms with E-state index in [1.165, 1.54) is 0 Å². The highest BCUT2D eigenvalue weighted by atomic mass is 32.2. The molecule has 28 heavy (non-hydrogen) atoms. The Bertz CT molecular complexity index is 1000. The lowest BCUT2D eigenvalue weighted by atomic mass is 10.1. The van der Waals surface area contributed by atoms with Crippen LogP contribution in [0, 0.1) is 20.8 Å². The van der Waals surface area contributed by atoms with Gasteiger partial charge in [-0.1, -0.05) is 41.6 Å². The van der Waals surface area contributed by atoms with Crippen LogP contribution in [0.25, 0.3) is 5.69 Å². The number of carbonyl (C=O) groups is 2. The number of thioether (sulfide) groups is 1. The van der Waals surface area contributed by atoms with Crippen LogP contribution in [-0.2, 0) is 4.79 Å². The van der Waals surface area contributed by atoms with Crippen molar-refractivity contribution in [3.8, 4) is 5.69 Å². The van der Waals surface area contributed by atoms with Crippen LogP contribution in [0.4, 0.5) is 10.5 Å². The summed E-state index contributed by atoms with van der Waals surface area (Å²) >= 11 is 1.15. The first-order chi connectivity index (χ1) is 13.4. The molecular formula is C19H20N6O2S. The van der Waals surface area contributed by atoms with Crippen molar-refractivity contribution in [2.24, 2.45) is 0 Å². The van der Waals surface area contributed by atoms with Gasteiger partial charge in [-0.25, -0.2) is 4.79 Å². The fourth-order valence-corrected chi connectivity index (χ4v) is 3.14. The minimum Gasteiger partial charge on any atom is -0.307 e. The van der Waals surface area contributed by atoms with E-state index in [4.69, 9.17) is 0 Å². The third-order valence-electron chi connectivity index (χ3n) is 4.16. The summed E-state index contributed by atoms with van der Waals surface area (Å²) in [6.45, 7) is 5.86. The zero-order chi connectivity index (χ0) is 20.1. The van der Waals surface area contributed by atoms with Gasteiger partial charge in [0.1, 0.15) is 0 Å². The van der Waals surface area contributed by atoms with Crippen molar-refractivity contribution in [3.63, 3.8) is 0 Å². The Hall–Kier alpha value is -3.20. The highest BCUT2D eigenvalue weighted by Gasteiger charge is 2.14. The van der Waals surface area contributed by atoms with Gasteiger partial charge in [0.05, 0.1) is 11.4 Å². The van der Waals surface area contributed by atoms with Gasteiger partial charge in [0.25, 0.3) is 0 Å². The topological polar surface area (TPSA) is 102 Å². The number of carbonyl (C=O) groups excluding carboxylic acids is 2. The number of urea groups is 1. The molecule has 0 aliphatic heterocycles. The van der Waals surface area contributed by atoms with Crippen LogP contribution in [0.1, 0.15) is 16.7 Å². The van der Waals surface area contributed by atoms with E-state index in [1.54, 1.807) is 10.7 Å². The summed E-state index contributed by atoms with van der Waals surface area (Å²) < 4.78 is 1.55. The molecule has 8 nitrogen and oxygen atoms in total. The highest BCUT2D eigenvalue weighted by molar-refractivity contribution is 7.99. The lowest BCUT2D eigenvalue weighted by Gasteiger charge is -2.10. The maximum Gasteiger partial charge on any atom is 0.325 e. The molecule has 2 aromatic carbocycles. The molecule has 2 N–H and O–H groups in total. The largest absolute Gasteiger partial charge is 0.325 e. The normalized spacial score (nSPS) is 10.5. The molecule has 3 amide bonds. The van der Waals surface area contributed by atoms with Crippen molar-refractivity contribution in [2.45, 2.75) is 25.9 Å². The Balaban J connectivity index is 1.56. The van der Waals surface area contributed by atoms with E-state index in [0.29, 0.717) is 10.8 Å². The Labute approximate surface area is 166 Å². The van der Waals surface area contributed by atoms with Gasteiger partial charge in [0, 0.05) is 5.69 Å². The molecule has 0 fully saturated rings. The average molecular weight is 396 g/mol. The van der Waals surface area contributed by atoms with Crippen molar-refractivity contribution in [1.29, 1.82) is 0 Å². The predicted octanol–water partition coefficient (Wildman–Crippen LogP) is 3.03. The van der Waals surface area contributed by atoms with Crippen LogP contribution in [-0.4, -0.2) is 37.9 Å². The molecule has 0 atom stereocenters. The van der Waals surface area contributed by atoms with Crippen molar-refractivity contribution in [3.05, 3.63) is 59.2 Å². The summed E-state index contributed by atoms with van der Waals surface area (Å²) in [6, 6.07) is 12.7. The number of nitrogens with zero attached hydrogens (tertiary/aromatic N) is 4. The van der Waals surface area contributed by atoms with Gasteiger partial charge >= 0.3 is 6.03 Å². The second-order valence-corrected chi connectivity index (χ2v) is 7.19. The molecule has 0 unspecified atom stereocenters. The minimum atomic E-state index is -0.572. The molecular weight excluding hydrogens is 376 g/mol. The van der Waals surface area contributed by atoms with E-state index >= 15 is 0 Å². The summed E-state index contributed by atoms with van der Waals surface area (Å²) in [6.07, 6.45) is 0. The van der Waals surface area contributed by atoms with Gasteiger partial charge in [-0.2, -0.15) is 4.68 Å². The van der Waals surface area contributed by atoms with Crippen LogP contribution in [0.5, 0.6) is 0 Å². The van der Waals surface area contributed by atoms with Gasteiger partial charge in [0.15, 0.2) is 0 Å². The Kier molecular flexibility index (Phi) is 6.05. The highest BCUT2D eigenvalue weighted by Crippen LogP contribution is 2.19. The molecule has 144 valence electrons. The van der Waals surface area contributed by atoms with Crippen LogP contribution in [0.3, 0.4) is 0 Å². The second-order valence-electron chi connectivity index (χ2n) is 6.25.